The molecule has 3 aromatic rings. The van der Waals surface area contributed by atoms with Crippen LogP contribution in [0.3, 0.4) is 0 Å². The lowest BCUT2D eigenvalue weighted by Gasteiger charge is -2.25. The Kier molecular flexibility index (Phi) is 5.83. The van der Waals surface area contributed by atoms with Gasteiger partial charge in [-0.15, -0.1) is 11.3 Å². The first-order valence-corrected chi connectivity index (χ1v) is 12.0. The van der Waals surface area contributed by atoms with Gasteiger partial charge in [0.2, 0.25) is 0 Å². The van der Waals surface area contributed by atoms with Crippen molar-refractivity contribution in [3.8, 4) is 0 Å². The van der Waals surface area contributed by atoms with E-state index in [9.17, 15) is 13.2 Å². The third-order valence-electron chi connectivity index (χ3n) is 5.12. The topological polar surface area (TPSA) is 92.3 Å². The van der Waals surface area contributed by atoms with Gasteiger partial charge in [0, 0.05) is 48.0 Å². The highest BCUT2D eigenvalue weighted by Gasteiger charge is 2.30. The number of likely N-dealkylation sites (tertiary alicyclic amines) is 1. The van der Waals surface area contributed by atoms with E-state index in [-0.39, 0.29) is 16.8 Å². The second-order valence-electron chi connectivity index (χ2n) is 7.29. The van der Waals surface area contributed by atoms with Crippen molar-refractivity contribution in [2.45, 2.75) is 37.1 Å². The zero-order valence-electron chi connectivity index (χ0n) is 16.5. The zero-order chi connectivity index (χ0) is 21.1. The van der Waals surface area contributed by atoms with Crippen LogP contribution in [0, 0.1) is 6.92 Å². The number of thiazole rings is 1. The lowest BCUT2D eigenvalue weighted by molar-refractivity contribution is 0.0736. The number of sulfonamides is 1. The lowest BCUT2D eigenvalue weighted by Crippen LogP contribution is -2.37. The molecule has 3 heterocycles. The minimum Gasteiger partial charge on any atom is -0.335 e. The summed E-state index contributed by atoms with van der Waals surface area (Å²) in [5.41, 5.74) is 2.61. The fourth-order valence-corrected chi connectivity index (χ4v) is 5.45. The van der Waals surface area contributed by atoms with Crippen molar-refractivity contribution >= 4 is 32.4 Å². The number of carbonyl (C=O) groups is 1. The van der Waals surface area contributed by atoms with Crippen LogP contribution < -0.4 is 4.72 Å². The number of aryl methyl sites for hydroxylation is 1. The molecule has 0 saturated carbocycles. The molecule has 30 heavy (non-hydrogen) atoms. The smallest absolute Gasteiger partial charge is 0.263 e. The van der Waals surface area contributed by atoms with Crippen LogP contribution in [0.4, 0.5) is 5.13 Å². The molecule has 1 amide bonds. The Bertz CT molecular complexity index is 1130. The highest BCUT2D eigenvalue weighted by Crippen LogP contribution is 2.24. The lowest BCUT2D eigenvalue weighted by atomic mass is 10.1. The van der Waals surface area contributed by atoms with E-state index < -0.39 is 10.0 Å². The quantitative estimate of drug-likeness (QED) is 0.631. The summed E-state index contributed by atoms with van der Waals surface area (Å²) in [6.45, 7) is 2.72. The number of hydrogen-bond acceptors (Lipinski definition) is 6. The number of hydrogen-bond donors (Lipinski definition) is 1. The van der Waals surface area contributed by atoms with Gasteiger partial charge in [0.1, 0.15) is 0 Å². The summed E-state index contributed by atoms with van der Waals surface area (Å²) in [5.74, 6) is -0.0815. The van der Waals surface area contributed by atoms with Crippen molar-refractivity contribution in [3.63, 3.8) is 0 Å². The average molecular weight is 443 g/mol. The molecule has 2 aromatic heterocycles. The standard InChI is InChI=1S/C21H22N4O3S2/c1-15-8-9-22-17(13-15)14-18-3-2-11-25(18)20(26)16-4-6-19(7-5-16)30(27,28)24-21-23-10-12-29-21/h4-10,12-13,18H,2-3,11,14H2,1H3,(H,23,24). The minimum absolute atomic E-state index is 0.0815. The van der Waals surface area contributed by atoms with Crippen molar-refractivity contribution in [1.82, 2.24) is 14.9 Å². The maximum Gasteiger partial charge on any atom is 0.263 e. The van der Waals surface area contributed by atoms with Gasteiger partial charge in [0.15, 0.2) is 5.13 Å². The molecule has 1 aliphatic heterocycles. The minimum atomic E-state index is -3.74. The van der Waals surface area contributed by atoms with Gasteiger partial charge in [0.25, 0.3) is 15.9 Å². The number of rotatable bonds is 6. The van der Waals surface area contributed by atoms with Gasteiger partial charge in [-0.2, -0.15) is 0 Å². The number of anilines is 1. The first kappa shape index (κ1) is 20.5. The van der Waals surface area contributed by atoms with Gasteiger partial charge in [-0.05, 0) is 61.7 Å². The molecule has 1 fully saturated rings. The third kappa shape index (κ3) is 4.52. The van der Waals surface area contributed by atoms with E-state index in [2.05, 4.69) is 20.8 Å². The van der Waals surface area contributed by atoms with Gasteiger partial charge in [0.05, 0.1) is 4.90 Å². The van der Waals surface area contributed by atoms with E-state index in [1.165, 1.54) is 29.7 Å². The summed E-state index contributed by atoms with van der Waals surface area (Å²) in [6, 6.07) is 10.2. The molecule has 1 aliphatic rings. The van der Waals surface area contributed by atoms with Gasteiger partial charge in [-0.1, -0.05) is 0 Å². The fraction of sp³-hybridized carbons (Fsp3) is 0.286. The predicted octanol–water partition coefficient (Wildman–Crippen LogP) is 3.49. The molecule has 1 N–H and O–H groups in total. The molecular weight excluding hydrogens is 420 g/mol. The molecule has 0 radical (unpaired) electrons. The van der Waals surface area contributed by atoms with E-state index in [0.717, 1.165) is 30.5 Å². The van der Waals surface area contributed by atoms with Crippen molar-refractivity contribution in [2.75, 3.05) is 11.3 Å². The summed E-state index contributed by atoms with van der Waals surface area (Å²) in [7, 11) is -3.74. The maximum atomic E-state index is 13.1. The second kappa shape index (κ2) is 8.53. The summed E-state index contributed by atoms with van der Waals surface area (Å²) in [4.78, 5) is 23.4. The van der Waals surface area contributed by atoms with Crippen LogP contribution in [0.2, 0.25) is 0 Å². The van der Waals surface area contributed by atoms with Crippen LogP contribution in [0.5, 0.6) is 0 Å². The van der Waals surface area contributed by atoms with E-state index >= 15 is 0 Å². The summed E-state index contributed by atoms with van der Waals surface area (Å²) in [5, 5.41) is 2.00. The molecule has 1 atom stereocenters. The van der Waals surface area contributed by atoms with Gasteiger partial charge < -0.3 is 4.90 Å². The second-order valence-corrected chi connectivity index (χ2v) is 9.87. The van der Waals surface area contributed by atoms with Crippen molar-refractivity contribution < 1.29 is 13.2 Å². The number of nitrogens with one attached hydrogen (secondary N) is 1. The molecule has 1 saturated heterocycles. The van der Waals surface area contributed by atoms with Crippen molar-refractivity contribution in [3.05, 3.63) is 71.0 Å². The molecular formula is C21H22N4O3S2. The van der Waals surface area contributed by atoms with Crippen LogP contribution >= 0.6 is 11.3 Å². The monoisotopic (exact) mass is 442 g/mol. The first-order chi connectivity index (χ1) is 14.4. The third-order valence-corrected chi connectivity index (χ3v) is 7.29. The number of aromatic nitrogens is 2. The number of amides is 1. The molecule has 1 unspecified atom stereocenters. The first-order valence-electron chi connectivity index (χ1n) is 9.67. The van der Waals surface area contributed by atoms with E-state index in [4.69, 9.17) is 0 Å². The molecule has 4 rings (SSSR count). The average Bonchev–Trinajstić information content (AvgIpc) is 3.39. The molecule has 7 nitrogen and oxygen atoms in total. The van der Waals surface area contributed by atoms with E-state index in [1.807, 2.05) is 17.9 Å². The van der Waals surface area contributed by atoms with Gasteiger partial charge in [-0.3, -0.25) is 14.5 Å². The molecule has 9 heteroatoms. The molecule has 156 valence electrons. The molecule has 1 aromatic carbocycles. The normalized spacial score (nSPS) is 16.6. The van der Waals surface area contributed by atoms with Crippen LogP contribution in [-0.4, -0.2) is 41.8 Å². The van der Waals surface area contributed by atoms with Crippen LogP contribution in [-0.2, 0) is 16.4 Å². The number of nitrogens with zero attached hydrogens (tertiary/aromatic N) is 3. The molecule has 0 aliphatic carbocycles. The van der Waals surface area contributed by atoms with Gasteiger partial charge in [-0.25, -0.2) is 13.4 Å². The number of benzene rings is 1. The zero-order valence-corrected chi connectivity index (χ0v) is 18.1. The maximum absolute atomic E-state index is 13.1. The number of pyridine rings is 1. The van der Waals surface area contributed by atoms with Gasteiger partial charge >= 0.3 is 0 Å². The Morgan fingerprint density at radius 1 is 1.20 bits per heavy atom. The highest BCUT2D eigenvalue weighted by atomic mass is 32.2. The van der Waals surface area contributed by atoms with E-state index in [0.29, 0.717) is 17.2 Å². The van der Waals surface area contributed by atoms with Crippen LogP contribution in [0.1, 0.15) is 34.5 Å². The van der Waals surface area contributed by atoms with Crippen molar-refractivity contribution in [2.24, 2.45) is 0 Å². The van der Waals surface area contributed by atoms with Crippen LogP contribution in [0.15, 0.2) is 59.1 Å². The summed E-state index contributed by atoms with van der Waals surface area (Å²) < 4.78 is 27.4. The SMILES string of the molecule is Cc1ccnc(CC2CCCN2C(=O)c2ccc(S(=O)(=O)Nc3nccs3)cc2)c1. The Labute approximate surface area is 179 Å². The fourth-order valence-electron chi connectivity index (χ4n) is 3.66. The Hall–Kier alpha value is -2.78. The van der Waals surface area contributed by atoms with E-state index in [1.54, 1.807) is 23.7 Å². The van der Waals surface area contributed by atoms with Crippen molar-refractivity contribution in [1.29, 1.82) is 0 Å². The molecule has 0 bridgehead atoms. The highest BCUT2D eigenvalue weighted by molar-refractivity contribution is 7.93. The molecule has 0 spiro atoms. The van der Waals surface area contributed by atoms with Crippen LogP contribution in [0.25, 0.3) is 0 Å². The number of carbonyl (C=O) groups excluding carboxylic acids is 1. The summed E-state index contributed by atoms with van der Waals surface area (Å²) in [6.07, 6.45) is 5.93. The predicted molar refractivity (Wildman–Crippen MR) is 116 cm³/mol. The summed E-state index contributed by atoms with van der Waals surface area (Å²) >= 11 is 1.20. The Morgan fingerprint density at radius 3 is 2.70 bits per heavy atom. The Morgan fingerprint density at radius 2 is 2.00 bits per heavy atom. The largest absolute Gasteiger partial charge is 0.335 e. The Balaban J connectivity index is 1.47.